The van der Waals surface area contributed by atoms with E-state index in [-0.39, 0.29) is 17.8 Å². The summed E-state index contributed by atoms with van der Waals surface area (Å²) in [5.41, 5.74) is 1.30. The maximum Gasteiger partial charge on any atom is 0.166 e. The van der Waals surface area contributed by atoms with Gasteiger partial charge < -0.3 is 9.47 Å². The number of ether oxygens (including phenoxy) is 2. The zero-order valence-electron chi connectivity index (χ0n) is 16.4. The normalized spacial score (nSPS) is 19.8. The highest BCUT2D eigenvalue weighted by atomic mass is 19.2. The molecule has 0 saturated carbocycles. The molecular formula is C23H27F3O2. The molecule has 2 aromatic rings. The first-order valence-corrected chi connectivity index (χ1v) is 10.0. The highest BCUT2D eigenvalue weighted by Crippen LogP contribution is 2.33. The second-order valence-corrected chi connectivity index (χ2v) is 7.29. The first-order chi connectivity index (χ1) is 13.5. The van der Waals surface area contributed by atoms with E-state index in [1.54, 1.807) is 18.2 Å². The third-order valence-corrected chi connectivity index (χ3v) is 5.17. The molecule has 1 heterocycles. The summed E-state index contributed by atoms with van der Waals surface area (Å²) in [7, 11) is 0. The Kier molecular flexibility index (Phi) is 7.13. The van der Waals surface area contributed by atoms with Crippen LogP contribution in [0, 0.1) is 17.5 Å². The predicted molar refractivity (Wildman–Crippen MR) is 104 cm³/mol. The van der Waals surface area contributed by atoms with Crippen LogP contribution in [0.3, 0.4) is 0 Å². The minimum Gasteiger partial charge on any atom is -0.353 e. The van der Waals surface area contributed by atoms with Gasteiger partial charge in [-0.2, -0.15) is 0 Å². The lowest BCUT2D eigenvalue weighted by Crippen LogP contribution is -2.27. The lowest BCUT2D eigenvalue weighted by atomic mass is 9.90. The number of aryl methyl sites for hydroxylation is 1. The topological polar surface area (TPSA) is 18.5 Å². The molecule has 1 fully saturated rings. The minimum absolute atomic E-state index is 0.0657. The van der Waals surface area contributed by atoms with E-state index in [0.717, 1.165) is 19.3 Å². The van der Waals surface area contributed by atoms with Crippen LogP contribution in [0.1, 0.15) is 56.6 Å². The van der Waals surface area contributed by atoms with E-state index in [4.69, 9.17) is 9.47 Å². The summed E-state index contributed by atoms with van der Waals surface area (Å²) >= 11 is 0. The molecule has 28 heavy (non-hydrogen) atoms. The molecule has 0 aliphatic carbocycles. The zero-order valence-corrected chi connectivity index (χ0v) is 16.4. The summed E-state index contributed by atoms with van der Waals surface area (Å²) in [6.45, 7) is 4.98. The van der Waals surface area contributed by atoms with Crippen molar-refractivity contribution in [3.63, 3.8) is 0 Å². The van der Waals surface area contributed by atoms with Crippen LogP contribution < -0.4 is 0 Å². The third-order valence-electron chi connectivity index (χ3n) is 5.17. The van der Waals surface area contributed by atoms with Crippen LogP contribution >= 0.6 is 0 Å². The first kappa shape index (κ1) is 20.9. The Morgan fingerprint density at radius 3 is 2.46 bits per heavy atom. The van der Waals surface area contributed by atoms with Crippen molar-refractivity contribution < 1.29 is 22.6 Å². The lowest BCUT2D eigenvalue weighted by Gasteiger charge is -2.29. The number of rotatable bonds is 7. The van der Waals surface area contributed by atoms with Gasteiger partial charge in [-0.1, -0.05) is 44.5 Å². The van der Waals surface area contributed by atoms with Gasteiger partial charge in [-0.15, -0.1) is 0 Å². The molecule has 1 aliphatic rings. The molecule has 0 spiro atoms. The van der Waals surface area contributed by atoms with E-state index >= 15 is 0 Å². The minimum atomic E-state index is -0.921. The molecule has 1 aliphatic heterocycles. The molecule has 0 bridgehead atoms. The molecule has 0 radical (unpaired) electrons. The Morgan fingerprint density at radius 2 is 1.82 bits per heavy atom. The van der Waals surface area contributed by atoms with E-state index in [2.05, 4.69) is 0 Å². The molecular weight excluding hydrogens is 365 g/mol. The van der Waals surface area contributed by atoms with Gasteiger partial charge in [0, 0.05) is 18.1 Å². The van der Waals surface area contributed by atoms with E-state index in [1.807, 2.05) is 13.8 Å². The fourth-order valence-corrected chi connectivity index (χ4v) is 3.65. The second-order valence-electron chi connectivity index (χ2n) is 7.29. The van der Waals surface area contributed by atoms with Gasteiger partial charge in [-0.05, 0) is 48.4 Å². The van der Waals surface area contributed by atoms with Crippen molar-refractivity contribution in [3.8, 4) is 11.1 Å². The monoisotopic (exact) mass is 392 g/mol. The molecule has 0 N–H and O–H groups in total. The van der Waals surface area contributed by atoms with Crippen molar-refractivity contribution in [2.75, 3.05) is 13.2 Å². The maximum atomic E-state index is 14.7. The Labute approximate surface area is 164 Å². The Balaban J connectivity index is 1.76. The van der Waals surface area contributed by atoms with E-state index in [0.29, 0.717) is 42.7 Å². The van der Waals surface area contributed by atoms with Crippen molar-refractivity contribution in [1.82, 2.24) is 0 Å². The molecule has 5 heteroatoms. The van der Waals surface area contributed by atoms with Gasteiger partial charge in [0.1, 0.15) is 5.82 Å². The van der Waals surface area contributed by atoms with Crippen LogP contribution in [-0.2, 0) is 15.9 Å². The summed E-state index contributed by atoms with van der Waals surface area (Å²) in [5.74, 6) is -2.25. The first-order valence-electron chi connectivity index (χ1n) is 10.0. The van der Waals surface area contributed by atoms with Gasteiger partial charge in [-0.3, -0.25) is 0 Å². The number of hydrogen-bond donors (Lipinski definition) is 0. The lowest BCUT2D eigenvalue weighted by molar-refractivity contribution is -0.167. The van der Waals surface area contributed by atoms with Crippen LogP contribution in [0.4, 0.5) is 13.2 Å². The average Bonchev–Trinajstić information content (AvgIpc) is 2.70. The predicted octanol–water partition coefficient (Wildman–Crippen LogP) is 6.37. The van der Waals surface area contributed by atoms with Crippen LogP contribution in [0.25, 0.3) is 11.1 Å². The summed E-state index contributed by atoms with van der Waals surface area (Å²) in [5, 5.41) is 0. The van der Waals surface area contributed by atoms with Crippen molar-refractivity contribution in [2.45, 2.75) is 58.2 Å². The molecule has 2 aromatic carbocycles. The van der Waals surface area contributed by atoms with Crippen molar-refractivity contribution in [2.24, 2.45) is 0 Å². The molecule has 1 saturated heterocycles. The molecule has 2 unspecified atom stereocenters. The Morgan fingerprint density at radius 1 is 1.00 bits per heavy atom. The molecule has 2 nitrogen and oxygen atoms in total. The van der Waals surface area contributed by atoms with Crippen LogP contribution in [0.2, 0.25) is 0 Å². The fourth-order valence-electron chi connectivity index (χ4n) is 3.65. The largest absolute Gasteiger partial charge is 0.353 e. The number of hydrogen-bond acceptors (Lipinski definition) is 2. The highest BCUT2D eigenvalue weighted by molar-refractivity contribution is 5.65. The summed E-state index contributed by atoms with van der Waals surface area (Å²) in [6.07, 6.45) is 3.38. The van der Waals surface area contributed by atoms with Gasteiger partial charge in [0.05, 0.1) is 6.61 Å². The molecule has 2 atom stereocenters. The fraction of sp³-hybridized carbons (Fsp3) is 0.478. The van der Waals surface area contributed by atoms with Crippen LogP contribution in [0.5, 0.6) is 0 Å². The summed E-state index contributed by atoms with van der Waals surface area (Å²) in [6, 6.07) is 7.69. The van der Waals surface area contributed by atoms with E-state index in [9.17, 15) is 13.2 Å². The average molecular weight is 392 g/mol. The SMILES string of the molecule is CCCOC1CCC(c2ccc(-c3ccc(CCC)c(F)c3F)cc2F)CO1. The molecule has 3 rings (SSSR count). The van der Waals surface area contributed by atoms with Gasteiger partial charge in [-0.25, -0.2) is 13.2 Å². The van der Waals surface area contributed by atoms with Crippen molar-refractivity contribution >= 4 is 0 Å². The van der Waals surface area contributed by atoms with E-state index < -0.39 is 17.5 Å². The quantitative estimate of drug-likeness (QED) is 0.545. The highest BCUT2D eigenvalue weighted by Gasteiger charge is 2.25. The Hall–Kier alpha value is -1.85. The van der Waals surface area contributed by atoms with Crippen LogP contribution in [-0.4, -0.2) is 19.5 Å². The summed E-state index contributed by atoms with van der Waals surface area (Å²) in [4.78, 5) is 0. The maximum absolute atomic E-state index is 14.7. The van der Waals surface area contributed by atoms with Gasteiger partial charge >= 0.3 is 0 Å². The van der Waals surface area contributed by atoms with Gasteiger partial charge in [0.15, 0.2) is 17.9 Å². The summed E-state index contributed by atoms with van der Waals surface area (Å²) < 4.78 is 54.7. The smallest absolute Gasteiger partial charge is 0.166 e. The zero-order chi connectivity index (χ0) is 20.1. The van der Waals surface area contributed by atoms with Crippen molar-refractivity contribution in [1.29, 1.82) is 0 Å². The number of halogens is 3. The van der Waals surface area contributed by atoms with Gasteiger partial charge in [0.25, 0.3) is 0 Å². The second kappa shape index (κ2) is 9.57. The van der Waals surface area contributed by atoms with Gasteiger partial charge in [0.2, 0.25) is 0 Å². The molecule has 152 valence electrons. The third kappa shape index (κ3) is 4.58. The standard InChI is InChI=1S/C23H27F3O2/c1-3-5-15-6-10-19(23(26)22(15)25)16-7-9-18(20(24)13-16)17-8-11-21(28-14-17)27-12-4-2/h6-7,9-10,13,17,21H,3-5,8,11-12,14H2,1-2H3. The number of benzene rings is 2. The van der Waals surface area contributed by atoms with Crippen molar-refractivity contribution in [3.05, 3.63) is 58.9 Å². The molecule has 0 aromatic heterocycles. The Bertz CT molecular complexity index is 799. The van der Waals surface area contributed by atoms with Crippen LogP contribution in [0.15, 0.2) is 30.3 Å². The van der Waals surface area contributed by atoms with E-state index in [1.165, 1.54) is 12.1 Å². The molecule has 0 amide bonds.